The number of nitrogens with zero attached hydrogens (tertiary/aromatic N) is 3. The number of para-hydroxylation sites is 1. The molecule has 3 heterocycles. The van der Waals surface area contributed by atoms with Crippen molar-refractivity contribution < 1.29 is 9.90 Å². The van der Waals surface area contributed by atoms with Gasteiger partial charge in [-0.3, -0.25) is 4.98 Å². The second-order valence-electron chi connectivity index (χ2n) is 9.00. The van der Waals surface area contributed by atoms with Crippen LogP contribution in [0.5, 0.6) is 0 Å². The standard InChI is InChI=1S/C29H28N4O2S/c1-4-20-12-14-21(15-13-20)33-27(26(31-29(33)36)24-10-7-8-16-30-24)23-17-18(2)32(19(23)3)25-11-6-5-9-22(25)28(34)35/h5-17,26-27H,4H2,1-3H3,(H,31,36)(H,34,35)/t26-,27+/m1/s1. The smallest absolute Gasteiger partial charge is 0.337 e. The summed E-state index contributed by atoms with van der Waals surface area (Å²) < 4.78 is 2.02. The molecule has 182 valence electrons. The van der Waals surface area contributed by atoms with Gasteiger partial charge in [-0.2, -0.15) is 0 Å². The molecule has 1 saturated heterocycles. The van der Waals surface area contributed by atoms with Gasteiger partial charge in [-0.05, 0) is 86.1 Å². The van der Waals surface area contributed by atoms with E-state index in [-0.39, 0.29) is 17.6 Å². The summed E-state index contributed by atoms with van der Waals surface area (Å²) in [5, 5.41) is 14.0. The average Bonchev–Trinajstić information content (AvgIpc) is 3.39. The first-order valence-electron chi connectivity index (χ1n) is 12.0. The topological polar surface area (TPSA) is 70.4 Å². The number of carbonyl (C=O) groups is 1. The van der Waals surface area contributed by atoms with Crippen molar-refractivity contribution in [2.45, 2.75) is 39.3 Å². The third kappa shape index (κ3) is 4.05. The lowest BCUT2D eigenvalue weighted by Gasteiger charge is -2.28. The second kappa shape index (κ2) is 9.59. The van der Waals surface area contributed by atoms with Crippen molar-refractivity contribution >= 4 is 29.0 Å². The van der Waals surface area contributed by atoms with Crippen molar-refractivity contribution in [3.05, 3.63) is 113 Å². The number of hydrogen-bond acceptors (Lipinski definition) is 3. The van der Waals surface area contributed by atoms with E-state index in [0.717, 1.165) is 34.8 Å². The summed E-state index contributed by atoms with van der Waals surface area (Å²) in [6, 6.07) is 23.3. The highest BCUT2D eigenvalue weighted by molar-refractivity contribution is 7.80. The predicted molar refractivity (Wildman–Crippen MR) is 146 cm³/mol. The number of benzene rings is 2. The van der Waals surface area contributed by atoms with Crippen molar-refractivity contribution in [2.24, 2.45) is 0 Å². The fraction of sp³-hybridized carbons (Fsp3) is 0.207. The van der Waals surface area contributed by atoms with E-state index in [2.05, 4.69) is 52.5 Å². The molecular weight excluding hydrogens is 468 g/mol. The Balaban J connectivity index is 1.69. The number of thiocarbonyl (C=S) groups is 1. The normalized spacial score (nSPS) is 17.3. The summed E-state index contributed by atoms with van der Waals surface area (Å²) in [4.78, 5) is 18.8. The van der Waals surface area contributed by atoms with Crippen LogP contribution in [-0.4, -0.2) is 25.7 Å². The summed E-state index contributed by atoms with van der Waals surface area (Å²) >= 11 is 5.87. The van der Waals surface area contributed by atoms with E-state index in [4.69, 9.17) is 12.2 Å². The zero-order valence-electron chi connectivity index (χ0n) is 20.5. The third-order valence-corrected chi connectivity index (χ3v) is 7.20. The molecule has 0 aliphatic carbocycles. The molecule has 2 N–H and O–H groups in total. The van der Waals surface area contributed by atoms with Crippen LogP contribution in [0.25, 0.3) is 5.69 Å². The molecule has 1 aliphatic rings. The number of carboxylic acids is 1. The summed E-state index contributed by atoms with van der Waals surface area (Å²) in [6.07, 6.45) is 2.76. The van der Waals surface area contributed by atoms with E-state index in [1.165, 1.54) is 5.56 Å². The van der Waals surface area contributed by atoms with E-state index in [9.17, 15) is 9.90 Å². The van der Waals surface area contributed by atoms with Gasteiger partial charge in [0.15, 0.2) is 5.11 Å². The highest BCUT2D eigenvalue weighted by atomic mass is 32.1. The maximum atomic E-state index is 12.0. The number of hydrogen-bond donors (Lipinski definition) is 2. The van der Waals surface area contributed by atoms with Crippen LogP contribution < -0.4 is 10.2 Å². The molecule has 0 spiro atoms. The predicted octanol–water partition coefficient (Wildman–Crippen LogP) is 5.93. The first-order chi connectivity index (χ1) is 17.4. The molecule has 2 atom stereocenters. The Labute approximate surface area is 216 Å². The number of anilines is 1. The monoisotopic (exact) mass is 496 g/mol. The first-order valence-corrected chi connectivity index (χ1v) is 12.4. The fourth-order valence-electron chi connectivity index (χ4n) is 5.15. The third-order valence-electron chi connectivity index (χ3n) is 6.89. The fourth-order valence-corrected chi connectivity index (χ4v) is 5.49. The number of aromatic nitrogens is 2. The molecule has 0 unspecified atom stereocenters. The molecule has 0 saturated carbocycles. The Kier molecular flexibility index (Phi) is 6.33. The lowest BCUT2D eigenvalue weighted by atomic mass is 9.96. The van der Waals surface area contributed by atoms with Gasteiger partial charge in [0.05, 0.1) is 29.0 Å². The van der Waals surface area contributed by atoms with Crippen molar-refractivity contribution in [2.75, 3.05) is 4.90 Å². The second-order valence-corrected chi connectivity index (χ2v) is 9.39. The van der Waals surface area contributed by atoms with Gasteiger partial charge in [0.2, 0.25) is 0 Å². The van der Waals surface area contributed by atoms with Crippen molar-refractivity contribution in [1.82, 2.24) is 14.9 Å². The van der Waals surface area contributed by atoms with Gasteiger partial charge < -0.3 is 19.9 Å². The molecule has 1 fully saturated rings. The molecule has 2 aromatic carbocycles. The number of aromatic carboxylic acids is 1. The molecule has 0 radical (unpaired) electrons. The quantitative estimate of drug-likeness (QED) is 0.323. The highest BCUT2D eigenvalue weighted by Gasteiger charge is 2.42. The van der Waals surface area contributed by atoms with E-state index in [1.54, 1.807) is 18.3 Å². The van der Waals surface area contributed by atoms with E-state index < -0.39 is 5.97 Å². The lowest BCUT2D eigenvalue weighted by molar-refractivity contribution is 0.0697. The van der Waals surface area contributed by atoms with Gasteiger partial charge in [0.1, 0.15) is 0 Å². The highest BCUT2D eigenvalue weighted by Crippen LogP contribution is 2.44. The minimum absolute atomic E-state index is 0.170. The largest absolute Gasteiger partial charge is 0.478 e. The SMILES string of the molecule is CCc1ccc(N2C(=S)N[C@H](c3ccccn3)[C@@H]2c2cc(C)n(-c3ccccc3C(=O)O)c2C)cc1. The first kappa shape index (κ1) is 23.8. The molecule has 6 nitrogen and oxygen atoms in total. The molecular formula is C29H28N4O2S. The average molecular weight is 497 g/mol. The van der Waals surface area contributed by atoms with Crippen LogP contribution in [0.15, 0.2) is 79.0 Å². The van der Waals surface area contributed by atoms with Gasteiger partial charge in [-0.25, -0.2) is 4.79 Å². The molecule has 4 aromatic rings. The Hall–Kier alpha value is -3.97. The van der Waals surface area contributed by atoms with E-state index >= 15 is 0 Å². The van der Waals surface area contributed by atoms with Crippen LogP contribution >= 0.6 is 12.2 Å². The number of carboxylic acid groups (broad SMARTS) is 1. The summed E-state index contributed by atoms with van der Waals surface area (Å²) in [5.74, 6) is -0.952. The lowest BCUT2D eigenvalue weighted by Crippen LogP contribution is -2.29. The summed E-state index contributed by atoms with van der Waals surface area (Å²) in [6.45, 7) is 6.18. The molecule has 2 aromatic heterocycles. The molecule has 0 amide bonds. The Bertz CT molecular complexity index is 1430. The number of aryl methyl sites for hydroxylation is 2. The van der Waals surface area contributed by atoms with Crippen LogP contribution in [0, 0.1) is 13.8 Å². The Morgan fingerprint density at radius 2 is 1.78 bits per heavy atom. The van der Waals surface area contributed by atoms with Gasteiger partial charge in [0, 0.05) is 23.3 Å². The van der Waals surface area contributed by atoms with Gasteiger partial charge in [0.25, 0.3) is 0 Å². The van der Waals surface area contributed by atoms with Crippen molar-refractivity contribution in [3.8, 4) is 5.69 Å². The van der Waals surface area contributed by atoms with Gasteiger partial charge in [-0.15, -0.1) is 0 Å². The minimum atomic E-state index is -0.952. The zero-order chi connectivity index (χ0) is 25.4. The van der Waals surface area contributed by atoms with Crippen LogP contribution in [0.4, 0.5) is 5.69 Å². The summed E-state index contributed by atoms with van der Waals surface area (Å²) in [5.41, 5.74) is 7.06. The van der Waals surface area contributed by atoms with Crippen molar-refractivity contribution in [3.63, 3.8) is 0 Å². The molecule has 1 aliphatic heterocycles. The number of nitrogens with one attached hydrogen (secondary N) is 1. The number of pyridine rings is 1. The van der Waals surface area contributed by atoms with Crippen LogP contribution in [0.2, 0.25) is 0 Å². The molecule has 7 heteroatoms. The summed E-state index contributed by atoms with van der Waals surface area (Å²) in [7, 11) is 0. The minimum Gasteiger partial charge on any atom is -0.478 e. The maximum absolute atomic E-state index is 12.0. The van der Waals surface area contributed by atoms with Crippen molar-refractivity contribution in [1.29, 1.82) is 0 Å². The Morgan fingerprint density at radius 1 is 1.06 bits per heavy atom. The van der Waals surface area contributed by atoms with Crippen LogP contribution in [-0.2, 0) is 6.42 Å². The van der Waals surface area contributed by atoms with Crippen LogP contribution in [0.3, 0.4) is 0 Å². The van der Waals surface area contributed by atoms with Gasteiger partial charge in [-0.1, -0.05) is 37.3 Å². The zero-order valence-corrected chi connectivity index (χ0v) is 21.3. The number of rotatable bonds is 6. The Morgan fingerprint density at radius 3 is 2.44 bits per heavy atom. The van der Waals surface area contributed by atoms with E-state index in [0.29, 0.717) is 10.8 Å². The van der Waals surface area contributed by atoms with Gasteiger partial charge >= 0.3 is 5.97 Å². The maximum Gasteiger partial charge on any atom is 0.337 e. The molecule has 0 bridgehead atoms. The van der Waals surface area contributed by atoms with Crippen LogP contribution in [0.1, 0.15) is 57.6 Å². The van der Waals surface area contributed by atoms with E-state index in [1.807, 2.05) is 48.7 Å². The molecule has 36 heavy (non-hydrogen) atoms. The molecule has 5 rings (SSSR count).